The number of hydrogen-bond donors (Lipinski definition) is 5. The van der Waals surface area contributed by atoms with Crippen LogP contribution in [-0.2, 0) is 14.4 Å². The molecule has 0 radical (unpaired) electrons. The van der Waals surface area contributed by atoms with Gasteiger partial charge in [0, 0.05) is 5.75 Å². The Balaban J connectivity index is 4.83. The first kappa shape index (κ1) is 21.1. The Hall–Kier alpha value is -0.930. The molecule has 9 heteroatoms. The van der Waals surface area contributed by atoms with Crippen molar-refractivity contribution in [3.05, 3.63) is 0 Å². The van der Waals surface area contributed by atoms with E-state index in [-0.39, 0.29) is 11.7 Å². The summed E-state index contributed by atoms with van der Waals surface area (Å²) in [7, 11) is 0. The van der Waals surface area contributed by atoms with E-state index in [1.165, 1.54) is 11.8 Å². The number of nitrogens with one attached hydrogen (secondary N) is 2. The average molecular weight is 351 g/mol. The molecule has 3 unspecified atom stereocenters. The fraction of sp³-hybridized carbons (Fsp3) is 0.769. The summed E-state index contributed by atoms with van der Waals surface area (Å²) in [4.78, 5) is 35.2. The Morgan fingerprint density at radius 1 is 1.23 bits per heavy atom. The molecule has 0 rings (SSSR count). The Kier molecular flexibility index (Phi) is 10.3. The predicted molar refractivity (Wildman–Crippen MR) is 91.2 cm³/mol. The average Bonchev–Trinajstić information content (AvgIpc) is 2.46. The van der Waals surface area contributed by atoms with Crippen LogP contribution < -0.4 is 16.4 Å². The van der Waals surface area contributed by atoms with Gasteiger partial charge in [-0.05, 0) is 24.3 Å². The SMILES string of the molecule is CSCCC(NC(=O)C(NC(=O)C(N)CS)C(C)C)C(=O)O. The highest BCUT2D eigenvalue weighted by atomic mass is 32.2. The van der Waals surface area contributed by atoms with Crippen molar-refractivity contribution in [3.8, 4) is 0 Å². The predicted octanol–water partition coefficient (Wildman–Crippen LogP) is -0.293. The summed E-state index contributed by atoms with van der Waals surface area (Å²) in [6.45, 7) is 3.52. The zero-order valence-corrected chi connectivity index (χ0v) is 14.7. The summed E-state index contributed by atoms with van der Waals surface area (Å²) in [5, 5.41) is 14.1. The molecule has 0 saturated carbocycles. The zero-order valence-electron chi connectivity index (χ0n) is 13.0. The number of aliphatic carboxylic acids is 1. The Labute approximate surface area is 140 Å². The fourth-order valence-electron chi connectivity index (χ4n) is 1.63. The number of thioether (sulfide) groups is 1. The van der Waals surface area contributed by atoms with Gasteiger partial charge in [-0.15, -0.1) is 0 Å². The highest BCUT2D eigenvalue weighted by molar-refractivity contribution is 7.98. The van der Waals surface area contributed by atoms with Gasteiger partial charge in [-0.2, -0.15) is 24.4 Å². The van der Waals surface area contributed by atoms with Crippen LogP contribution in [0.5, 0.6) is 0 Å². The molecular formula is C13H25N3O4S2. The highest BCUT2D eigenvalue weighted by Gasteiger charge is 2.29. The maximum Gasteiger partial charge on any atom is 0.326 e. The van der Waals surface area contributed by atoms with Crippen LogP contribution in [0.1, 0.15) is 20.3 Å². The number of hydrogen-bond acceptors (Lipinski definition) is 6. The molecule has 0 aromatic rings. The Morgan fingerprint density at radius 2 is 1.82 bits per heavy atom. The molecule has 0 aliphatic heterocycles. The lowest BCUT2D eigenvalue weighted by Crippen LogP contribution is -2.56. The van der Waals surface area contributed by atoms with Gasteiger partial charge in [0.1, 0.15) is 12.1 Å². The van der Waals surface area contributed by atoms with Crippen LogP contribution in [0.25, 0.3) is 0 Å². The van der Waals surface area contributed by atoms with Gasteiger partial charge in [-0.3, -0.25) is 9.59 Å². The molecule has 0 heterocycles. The first-order valence-electron chi connectivity index (χ1n) is 6.93. The summed E-state index contributed by atoms with van der Waals surface area (Å²) < 4.78 is 0. The Morgan fingerprint density at radius 3 is 2.23 bits per heavy atom. The van der Waals surface area contributed by atoms with E-state index < -0.39 is 35.9 Å². The quantitative estimate of drug-likeness (QED) is 0.345. The molecule has 0 aliphatic carbocycles. The van der Waals surface area contributed by atoms with E-state index in [0.29, 0.717) is 12.2 Å². The standard InChI is InChI=1S/C13H25N3O4S2/c1-7(2)10(16-11(17)8(14)6-21)12(18)15-9(13(19)20)4-5-22-3/h7-10,21H,4-6,14H2,1-3H3,(H,15,18)(H,16,17)(H,19,20). The van der Waals surface area contributed by atoms with Crippen LogP contribution in [0.2, 0.25) is 0 Å². The molecule has 7 nitrogen and oxygen atoms in total. The monoisotopic (exact) mass is 351 g/mol. The van der Waals surface area contributed by atoms with E-state index >= 15 is 0 Å². The van der Waals surface area contributed by atoms with Crippen molar-refractivity contribution >= 4 is 42.2 Å². The fourth-order valence-corrected chi connectivity index (χ4v) is 2.27. The number of amides is 2. The third-order valence-corrected chi connectivity index (χ3v) is 4.04. The van der Waals surface area contributed by atoms with Gasteiger partial charge in [0.25, 0.3) is 0 Å². The number of carbonyl (C=O) groups is 3. The van der Waals surface area contributed by atoms with Gasteiger partial charge < -0.3 is 21.5 Å². The van der Waals surface area contributed by atoms with Crippen molar-refractivity contribution in [1.82, 2.24) is 10.6 Å². The minimum Gasteiger partial charge on any atom is -0.480 e. The second-order valence-electron chi connectivity index (χ2n) is 5.20. The molecule has 0 saturated heterocycles. The van der Waals surface area contributed by atoms with Crippen molar-refractivity contribution in [2.24, 2.45) is 11.7 Å². The molecule has 128 valence electrons. The topological polar surface area (TPSA) is 122 Å². The molecule has 0 aliphatic rings. The molecule has 0 aromatic carbocycles. The van der Waals surface area contributed by atoms with Gasteiger partial charge in [0.05, 0.1) is 6.04 Å². The maximum atomic E-state index is 12.3. The van der Waals surface area contributed by atoms with Crippen LogP contribution >= 0.6 is 24.4 Å². The molecular weight excluding hydrogens is 326 g/mol. The third kappa shape index (κ3) is 7.37. The van der Waals surface area contributed by atoms with Crippen molar-refractivity contribution in [1.29, 1.82) is 0 Å². The van der Waals surface area contributed by atoms with Crippen LogP contribution in [-0.4, -0.2) is 58.8 Å². The maximum absolute atomic E-state index is 12.3. The first-order valence-corrected chi connectivity index (χ1v) is 8.96. The lowest BCUT2D eigenvalue weighted by Gasteiger charge is -2.25. The number of rotatable bonds is 10. The van der Waals surface area contributed by atoms with Gasteiger partial charge in [-0.25, -0.2) is 4.79 Å². The van der Waals surface area contributed by atoms with E-state index in [4.69, 9.17) is 10.8 Å². The smallest absolute Gasteiger partial charge is 0.326 e. The second-order valence-corrected chi connectivity index (χ2v) is 6.55. The summed E-state index contributed by atoms with van der Waals surface area (Å²) in [5.41, 5.74) is 5.56. The lowest BCUT2D eigenvalue weighted by molar-refractivity contribution is -0.142. The first-order chi connectivity index (χ1) is 10.2. The Bertz CT molecular complexity index is 393. The third-order valence-electron chi connectivity index (χ3n) is 3.01. The lowest BCUT2D eigenvalue weighted by atomic mass is 10.0. The van der Waals surface area contributed by atoms with Crippen molar-refractivity contribution in [3.63, 3.8) is 0 Å². The molecule has 0 fully saturated rings. The van der Waals surface area contributed by atoms with Crippen LogP contribution in [0.3, 0.4) is 0 Å². The van der Waals surface area contributed by atoms with Crippen molar-refractivity contribution in [2.45, 2.75) is 38.4 Å². The highest BCUT2D eigenvalue weighted by Crippen LogP contribution is 2.06. The van der Waals surface area contributed by atoms with E-state index in [1.54, 1.807) is 13.8 Å². The molecule has 22 heavy (non-hydrogen) atoms. The minimum atomic E-state index is -1.09. The molecule has 0 spiro atoms. The number of thiol groups is 1. The van der Waals surface area contributed by atoms with E-state index in [1.807, 2.05) is 6.26 Å². The van der Waals surface area contributed by atoms with Gasteiger partial charge in [0.15, 0.2) is 0 Å². The molecule has 0 bridgehead atoms. The number of carbonyl (C=O) groups excluding carboxylic acids is 2. The number of carboxylic acid groups (broad SMARTS) is 1. The minimum absolute atomic E-state index is 0.156. The van der Waals surface area contributed by atoms with Crippen LogP contribution in [0.4, 0.5) is 0 Å². The van der Waals surface area contributed by atoms with Gasteiger partial charge in [0.2, 0.25) is 11.8 Å². The molecule has 5 N–H and O–H groups in total. The van der Waals surface area contributed by atoms with Gasteiger partial charge >= 0.3 is 5.97 Å². The second kappa shape index (κ2) is 10.7. The van der Waals surface area contributed by atoms with E-state index in [9.17, 15) is 14.4 Å². The van der Waals surface area contributed by atoms with Gasteiger partial charge in [-0.1, -0.05) is 13.8 Å². The van der Waals surface area contributed by atoms with E-state index in [0.717, 1.165) is 0 Å². The molecule has 2 amide bonds. The largest absolute Gasteiger partial charge is 0.480 e. The molecule has 0 aromatic heterocycles. The normalized spacial score (nSPS) is 15.0. The van der Waals surface area contributed by atoms with Crippen molar-refractivity contribution in [2.75, 3.05) is 17.8 Å². The summed E-state index contributed by atoms with van der Waals surface area (Å²) >= 11 is 5.43. The number of carboxylic acids is 1. The summed E-state index contributed by atoms with van der Waals surface area (Å²) in [6.07, 6.45) is 2.17. The van der Waals surface area contributed by atoms with E-state index in [2.05, 4.69) is 23.3 Å². The van der Waals surface area contributed by atoms with Crippen LogP contribution in [0.15, 0.2) is 0 Å². The number of nitrogens with two attached hydrogens (primary N) is 1. The van der Waals surface area contributed by atoms with Crippen LogP contribution in [0, 0.1) is 5.92 Å². The molecule has 3 atom stereocenters. The van der Waals surface area contributed by atoms with Crippen molar-refractivity contribution < 1.29 is 19.5 Å². The summed E-state index contributed by atoms with van der Waals surface area (Å²) in [5.74, 6) is -1.54. The summed E-state index contributed by atoms with van der Waals surface area (Å²) in [6, 6.07) is -2.63. The zero-order chi connectivity index (χ0) is 17.3.